The van der Waals surface area contributed by atoms with Crippen LogP contribution in [0.15, 0.2) is 9.98 Å². The molecule has 0 aromatic carbocycles. The second kappa shape index (κ2) is 3.34. The van der Waals surface area contributed by atoms with Crippen LogP contribution in [0.1, 0.15) is 0 Å². The maximum atomic E-state index is 10.8. The summed E-state index contributed by atoms with van der Waals surface area (Å²) in [5, 5.41) is 0. The highest BCUT2D eigenvalue weighted by molar-refractivity contribution is 7.81. The number of thiocarbonyl (C=S) groups is 1. The van der Waals surface area contributed by atoms with Crippen molar-refractivity contribution in [3.05, 3.63) is 0 Å². The summed E-state index contributed by atoms with van der Waals surface area (Å²) in [6.45, 7) is 0. The maximum absolute atomic E-state index is 10.8. The predicted octanol–water partition coefficient (Wildman–Crippen LogP) is 0.0106. The van der Waals surface area contributed by atoms with Crippen LogP contribution in [0.5, 0.6) is 0 Å². The van der Waals surface area contributed by atoms with E-state index < -0.39 is 12.0 Å². The van der Waals surface area contributed by atoms with Gasteiger partial charge >= 0.3 is 5.97 Å². The molecule has 0 saturated carbocycles. The molecule has 0 spiro atoms. The van der Waals surface area contributed by atoms with Gasteiger partial charge in [0.05, 0.1) is 13.3 Å². The Labute approximate surface area is 69.0 Å². The quantitative estimate of drug-likeness (QED) is 0.411. The average molecular weight is 170 g/mol. The molecule has 1 aliphatic heterocycles. The number of nitrogens with zero attached hydrogens (tertiary/aromatic N) is 2. The minimum Gasteiger partial charge on any atom is -0.467 e. The fourth-order valence-corrected chi connectivity index (χ4v) is 0.724. The van der Waals surface area contributed by atoms with Crippen LogP contribution in [0.4, 0.5) is 0 Å². The van der Waals surface area contributed by atoms with E-state index >= 15 is 0 Å². The van der Waals surface area contributed by atoms with Crippen LogP contribution in [0.2, 0.25) is 0 Å². The molecule has 0 fully saturated rings. The van der Waals surface area contributed by atoms with Crippen LogP contribution in [0.3, 0.4) is 0 Å². The van der Waals surface area contributed by atoms with Crippen molar-refractivity contribution in [1.82, 2.24) is 0 Å². The van der Waals surface area contributed by atoms with Gasteiger partial charge in [-0.2, -0.15) is 0 Å². The summed E-state index contributed by atoms with van der Waals surface area (Å²) in [5.74, 6) is -0.424. The topological polar surface area (TPSA) is 51.0 Å². The molecule has 0 amide bonds. The lowest BCUT2D eigenvalue weighted by molar-refractivity contribution is -0.140. The van der Waals surface area contributed by atoms with Gasteiger partial charge in [0.25, 0.3) is 0 Å². The molecule has 0 radical (unpaired) electrons. The van der Waals surface area contributed by atoms with Gasteiger partial charge in [-0.15, -0.1) is 0 Å². The summed E-state index contributed by atoms with van der Waals surface area (Å²) in [6.07, 6.45) is 2.74. The van der Waals surface area contributed by atoms with E-state index in [0.717, 1.165) is 0 Å². The largest absolute Gasteiger partial charge is 0.467 e. The number of rotatable bonds is 1. The van der Waals surface area contributed by atoms with Gasteiger partial charge in [0.15, 0.2) is 6.04 Å². The zero-order chi connectivity index (χ0) is 8.27. The van der Waals surface area contributed by atoms with E-state index in [-0.39, 0.29) is 0 Å². The molecule has 1 rings (SSSR count). The number of carbonyl (C=O) groups is 1. The molecule has 1 aliphatic rings. The van der Waals surface area contributed by atoms with Crippen molar-refractivity contribution in [2.75, 3.05) is 7.11 Å². The van der Waals surface area contributed by atoms with Crippen molar-refractivity contribution in [2.24, 2.45) is 9.98 Å². The standard InChI is InChI=1S/C6H6N2O2S/c1-10-6(9)4-2-8-5(11)3-7-4/h2-4H,1H3. The van der Waals surface area contributed by atoms with Gasteiger partial charge in [-0.25, -0.2) is 9.79 Å². The second-order valence-electron chi connectivity index (χ2n) is 1.86. The molecule has 1 unspecified atom stereocenters. The molecular weight excluding hydrogens is 164 g/mol. The van der Waals surface area contributed by atoms with Crippen molar-refractivity contribution in [1.29, 1.82) is 0 Å². The summed E-state index contributed by atoms with van der Waals surface area (Å²) in [7, 11) is 1.30. The summed E-state index contributed by atoms with van der Waals surface area (Å²) in [4.78, 5) is 18.7. The molecule has 11 heavy (non-hydrogen) atoms. The summed E-state index contributed by atoms with van der Waals surface area (Å²) < 4.78 is 4.44. The third-order valence-electron chi connectivity index (χ3n) is 1.13. The first kappa shape index (κ1) is 8.00. The molecular formula is C6H6N2O2S. The van der Waals surface area contributed by atoms with Crippen molar-refractivity contribution < 1.29 is 9.53 Å². The van der Waals surface area contributed by atoms with Crippen molar-refractivity contribution in [2.45, 2.75) is 6.04 Å². The molecule has 0 bridgehead atoms. The van der Waals surface area contributed by atoms with Crippen molar-refractivity contribution in [3.63, 3.8) is 0 Å². The van der Waals surface area contributed by atoms with E-state index in [9.17, 15) is 4.79 Å². The Kier molecular flexibility index (Phi) is 2.43. The number of esters is 1. The highest BCUT2D eigenvalue weighted by atomic mass is 32.1. The first-order valence-electron chi connectivity index (χ1n) is 2.93. The Morgan fingerprint density at radius 1 is 1.82 bits per heavy atom. The highest BCUT2D eigenvalue weighted by Gasteiger charge is 2.16. The molecule has 58 valence electrons. The first-order valence-corrected chi connectivity index (χ1v) is 3.34. The second-order valence-corrected chi connectivity index (χ2v) is 2.28. The molecule has 4 nitrogen and oxygen atoms in total. The summed E-state index contributed by atoms with van der Waals surface area (Å²) in [6, 6.07) is -0.619. The van der Waals surface area contributed by atoms with Gasteiger partial charge in [-0.05, 0) is 0 Å². The zero-order valence-corrected chi connectivity index (χ0v) is 6.67. The first-order chi connectivity index (χ1) is 5.24. The number of carbonyl (C=O) groups excluding carboxylic acids is 1. The lowest BCUT2D eigenvalue weighted by atomic mass is 10.3. The van der Waals surface area contributed by atoms with E-state index in [2.05, 4.69) is 26.9 Å². The average Bonchev–Trinajstić information content (AvgIpc) is 2.05. The Morgan fingerprint density at radius 2 is 2.55 bits per heavy atom. The van der Waals surface area contributed by atoms with Gasteiger partial charge in [0.2, 0.25) is 0 Å². The van der Waals surface area contributed by atoms with Crippen LogP contribution < -0.4 is 0 Å². The minimum atomic E-state index is -0.619. The van der Waals surface area contributed by atoms with E-state index in [1.54, 1.807) is 0 Å². The molecule has 0 N–H and O–H groups in total. The van der Waals surface area contributed by atoms with Crippen LogP contribution in [-0.2, 0) is 9.53 Å². The third-order valence-corrected chi connectivity index (χ3v) is 1.34. The van der Waals surface area contributed by atoms with E-state index in [1.807, 2.05) is 0 Å². The number of hydrogen-bond donors (Lipinski definition) is 0. The van der Waals surface area contributed by atoms with Gasteiger partial charge in [-0.1, -0.05) is 12.2 Å². The van der Waals surface area contributed by atoms with Gasteiger partial charge in [-0.3, -0.25) is 4.99 Å². The van der Waals surface area contributed by atoms with Gasteiger partial charge in [0.1, 0.15) is 4.99 Å². The Bertz CT molecular complexity index is 231. The molecule has 1 atom stereocenters. The Hall–Kier alpha value is -1.10. The number of ether oxygens (including phenoxy) is 1. The lowest BCUT2D eigenvalue weighted by Gasteiger charge is -2.06. The molecule has 0 aromatic heterocycles. The zero-order valence-electron chi connectivity index (χ0n) is 5.85. The summed E-state index contributed by atoms with van der Waals surface area (Å²) >= 11 is 4.68. The fraction of sp³-hybridized carbons (Fsp3) is 0.333. The molecule has 0 aliphatic carbocycles. The van der Waals surface area contributed by atoms with Crippen molar-refractivity contribution in [3.8, 4) is 0 Å². The fourth-order valence-electron chi connectivity index (χ4n) is 0.602. The van der Waals surface area contributed by atoms with Crippen LogP contribution in [0, 0.1) is 0 Å². The number of aliphatic imine (C=N–C) groups is 2. The normalized spacial score (nSPS) is 21.9. The Morgan fingerprint density at radius 3 is 3.00 bits per heavy atom. The van der Waals surface area contributed by atoms with Crippen molar-refractivity contribution >= 4 is 35.6 Å². The molecule has 0 saturated heterocycles. The van der Waals surface area contributed by atoms with Crippen LogP contribution in [-0.4, -0.2) is 36.5 Å². The van der Waals surface area contributed by atoms with Crippen LogP contribution in [0.25, 0.3) is 0 Å². The lowest BCUT2D eigenvalue weighted by Crippen LogP contribution is -2.25. The van der Waals surface area contributed by atoms with Gasteiger partial charge < -0.3 is 4.74 Å². The van der Waals surface area contributed by atoms with E-state index in [1.165, 1.54) is 19.5 Å². The predicted molar refractivity (Wildman–Crippen MR) is 45.4 cm³/mol. The van der Waals surface area contributed by atoms with E-state index in [4.69, 9.17) is 0 Å². The summed E-state index contributed by atoms with van der Waals surface area (Å²) in [5.41, 5.74) is 0. The Balaban J connectivity index is 2.65. The maximum Gasteiger partial charge on any atom is 0.336 e. The highest BCUT2D eigenvalue weighted by Crippen LogP contribution is 1.96. The molecule has 0 aromatic rings. The van der Waals surface area contributed by atoms with Gasteiger partial charge in [0, 0.05) is 6.21 Å². The monoisotopic (exact) mass is 170 g/mol. The van der Waals surface area contributed by atoms with E-state index in [0.29, 0.717) is 4.99 Å². The third kappa shape index (κ3) is 1.91. The minimum absolute atomic E-state index is 0.380. The van der Waals surface area contributed by atoms with Crippen LogP contribution >= 0.6 is 12.2 Å². The molecule has 5 heteroatoms. The smallest absolute Gasteiger partial charge is 0.336 e. The molecule has 1 heterocycles. The SMILES string of the molecule is COC(=O)C1C=NC(=S)C=N1. The number of hydrogen-bond acceptors (Lipinski definition) is 4. The number of methoxy groups -OCH3 is 1.